The average Bonchev–Trinajstić information content (AvgIpc) is 2.55. The van der Waals surface area contributed by atoms with E-state index in [-0.39, 0.29) is 5.82 Å². The van der Waals surface area contributed by atoms with Gasteiger partial charge in [-0.1, -0.05) is 43.0 Å². The third kappa shape index (κ3) is 2.77. The second-order valence-electron chi connectivity index (χ2n) is 5.56. The Balaban J connectivity index is 2.36. The highest BCUT2D eigenvalue weighted by Crippen LogP contribution is 2.41. The van der Waals surface area contributed by atoms with E-state index in [0.29, 0.717) is 5.56 Å². The Morgan fingerprint density at radius 2 is 1.74 bits per heavy atom. The number of allylic oxidation sites excluding steroid dienone is 3. The van der Waals surface area contributed by atoms with Crippen molar-refractivity contribution >= 4 is 27.2 Å². The minimum atomic E-state index is -0.254. The molecule has 0 atom stereocenters. The van der Waals surface area contributed by atoms with Crippen LogP contribution in [0.4, 0.5) is 4.39 Å². The minimum Gasteiger partial charge on any atom is -0.344 e. The molecule has 3 rings (SSSR count). The van der Waals surface area contributed by atoms with E-state index in [9.17, 15) is 4.39 Å². The van der Waals surface area contributed by atoms with Gasteiger partial charge in [-0.05, 0) is 52.2 Å². The summed E-state index contributed by atoms with van der Waals surface area (Å²) in [6.07, 6.45) is 2.08. The van der Waals surface area contributed by atoms with Gasteiger partial charge >= 0.3 is 0 Å². The Morgan fingerprint density at radius 1 is 1.04 bits per heavy atom. The maximum atomic E-state index is 14.6. The van der Waals surface area contributed by atoms with E-state index in [4.69, 9.17) is 0 Å². The number of rotatable bonds is 2. The lowest BCUT2D eigenvalue weighted by molar-refractivity contribution is 0.581. The van der Waals surface area contributed by atoms with Gasteiger partial charge in [0.1, 0.15) is 5.82 Å². The molecule has 0 unspecified atom stereocenters. The van der Waals surface area contributed by atoms with Crippen molar-refractivity contribution in [1.29, 1.82) is 0 Å². The molecule has 2 aromatic carbocycles. The van der Waals surface area contributed by atoms with E-state index in [1.54, 1.807) is 6.07 Å². The average molecular weight is 370 g/mol. The molecule has 0 N–H and O–H groups in total. The van der Waals surface area contributed by atoms with Crippen LogP contribution in [0.3, 0.4) is 0 Å². The highest BCUT2D eigenvalue weighted by Gasteiger charge is 2.25. The number of hydrogen-bond acceptors (Lipinski definition) is 1. The van der Waals surface area contributed by atoms with E-state index in [1.807, 2.05) is 55.3 Å². The molecule has 0 saturated carbocycles. The van der Waals surface area contributed by atoms with Crippen LogP contribution in [-0.4, -0.2) is 11.9 Å². The molecule has 1 aliphatic rings. The Morgan fingerprint density at radius 3 is 2.39 bits per heavy atom. The zero-order chi connectivity index (χ0) is 16.6. The Labute approximate surface area is 144 Å². The van der Waals surface area contributed by atoms with E-state index in [2.05, 4.69) is 28.6 Å². The summed E-state index contributed by atoms with van der Waals surface area (Å²) in [5.41, 5.74) is 5.35. The highest BCUT2D eigenvalue weighted by atomic mass is 79.9. The van der Waals surface area contributed by atoms with Crippen LogP contribution in [0, 0.1) is 5.82 Å². The summed E-state index contributed by atoms with van der Waals surface area (Å²) in [4.78, 5) is 1.96. The minimum absolute atomic E-state index is 0.254. The van der Waals surface area contributed by atoms with Crippen molar-refractivity contribution in [2.24, 2.45) is 0 Å². The molecule has 1 aliphatic heterocycles. The molecule has 0 bridgehead atoms. The topological polar surface area (TPSA) is 3.24 Å². The maximum Gasteiger partial charge on any atom is 0.133 e. The standard InChI is InChI=1S/C20H17BrFN/c1-13-12-16(15-8-5-4-6-9-15)20(23(3)14(13)2)19-17(21)10-7-11-18(19)22/h4-12H,2H2,1,3H3. The van der Waals surface area contributed by atoms with Crippen molar-refractivity contribution in [2.45, 2.75) is 6.92 Å². The van der Waals surface area contributed by atoms with Gasteiger partial charge in [0.05, 0.1) is 5.70 Å². The fourth-order valence-corrected chi connectivity index (χ4v) is 3.34. The predicted molar refractivity (Wildman–Crippen MR) is 98.0 cm³/mol. The van der Waals surface area contributed by atoms with Crippen molar-refractivity contribution in [3.63, 3.8) is 0 Å². The van der Waals surface area contributed by atoms with Crippen molar-refractivity contribution < 1.29 is 4.39 Å². The lowest BCUT2D eigenvalue weighted by Gasteiger charge is -2.32. The van der Waals surface area contributed by atoms with Crippen LogP contribution in [-0.2, 0) is 0 Å². The normalized spacial score (nSPS) is 15.0. The van der Waals surface area contributed by atoms with Gasteiger partial charge in [0.15, 0.2) is 0 Å². The van der Waals surface area contributed by atoms with Crippen LogP contribution in [0.2, 0.25) is 0 Å². The Bertz CT molecular complexity index is 814. The molecule has 2 aromatic rings. The number of likely N-dealkylation sites (N-methyl/N-ethyl adjacent to an activating group) is 1. The van der Waals surface area contributed by atoms with Crippen LogP contribution in [0.5, 0.6) is 0 Å². The Kier molecular flexibility index (Phi) is 4.22. The summed E-state index contributed by atoms with van der Waals surface area (Å²) < 4.78 is 15.3. The first kappa shape index (κ1) is 15.8. The van der Waals surface area contributed by atoms with E-state index >= 15 is 0 Å². The predicted octanol–water partition coefficient (Wildman–Crippen LogP) is 5.86. The van der Waals surface area contributed by atoms with Gasteiger partial charge in [0, 0.05) is 28.4 Å². The molecule has 0 radical (unpaired) electrons. The maximum absolute atomic E-state index is 14.6. The van der Waals surface area contributed by atoms with Gasteiger partial charge < -0.3 is 4.90 Å². The van der Waals surface area contributed by atoms with Crippen molar-refractivity contribution in [2.75, 3.05) is 7.05 Å². The molecule has 23 heavy (non-hydrogen) atoms. The van der Waals surface area contributed by atoms with Gasteiger partial charge in [-0.3, -0.25) is 0 Å². The van der Waals surface area contributed by atoms with Crippen LogP contribution >= 0.6 is 15.9 Å². The second kappa shape index (κ2) is 6.17. The number of hydrogen-bond donors (Lipinski definition) is 0. The zero-order valence-electron chi connectivity index (χ0n) is 13.1. The quantitative estimate of drug-likeness (QED) is 0.640. The molecular weight excluding hydrogens is 353 g/mol. The zero-order valence-corrected chi connectivity index (χ0v) is 14.7. The summed E-state index contributed by atoms with van der Waals surface area (Å²) in [7, 11) is 1.93. The second-order valence-corrected chi connectivity index (χ2v) is 6.41. The monoisotopic (exact) mass is 369 g/mol. The molecule has 1 nitrogen and oxygen atoms in total. The molecule has 0 saturated heterocycles. The summed E-state index contributed by atoms with van der Waals surface area (Å²) in [5, 5.41) is 0. The molecule has 0 aromatic heterocycles. The molecule has 0 spiro atoms. The molecule has 3 heteroatoms. The van der Waals surface area contributed by atoms with Crippen LogP contribution in [0.15, 0.2) is 76.9 Å². The van der Waals surface area contributed by atoms with Crippen LogP contribution in [0.25, 0.3) is 11.3 Å². The smallest absolute Gasteiger partial charge is 0.133 e. The number of benzene rings is 2. The SMILES string of the molecule is C=C1C(C)=CC(c2ccccc2)=C(c2c(F)cccc2Br)N1C. The van der Waals surface area contributed by atoms with Crippen LogP contribution < -0.4 is 0 Å². The summed E-state index contributed by atoms with van der Waals surface area (Å²) in [6, 6.07) is 15.1. The highest BCUT2D eigenvalue weighted by molar-refractivity contribution is 9.10. The summed E-state index contributed by atoms with van der Waals surface area (Å²) in [6.45, 7) is 6.15. The molecular formula is C20H17BrFN. The lowest BCUT2D eigenvalue weighted by atomic mass is 9.92. The fraction of sp³-hybridized carbons (Fsp3) is 0.100. The largest absolute Gasteiger partial charge is 0.344 e. The van der Waals surface area contributed by atoms with Gasteiger partial charge in [-0.15, -0.1) is 0 Å². The van der Waals surface area contributed by atoms with Gasteiger partial charge in [0.25, 0.3) is 0 Å². The third-order valence-electron chi connectivity index (χ3n) is 4.10. The fourth-order valence-electron chi connectivity index (χ4n) is 2.81. The van der Waals surface area contributed by atoms with E-state index < -0.39 is 0 Å². The first-order chi connectivity index (χ1) is 11.0. The first-order valence-corrected chi connectivity index (χ1v) is 8.15. The van der Waals surface area contributed by atoms with Gasteiger partial charge in [-0.2, -0.15) is 0 Å². The van der Waals surface area contributed by atoms with Gasteiger partial charge in [-0.25, -0.2) is 4.39 Å². The molecule has 1 heterocycles. The Hall–Kier alpha value is -2.13. The molecule has 0 amide bonds. The third-order valence-corrected chi connectivity index (χ3v) is 4.76. The molecule has 0 fully saturated rings. The lowest BCUT2D eigenvalue weighted by Crippen LogP contribution is -2.22. The van der Waals surface area contributed by atoms with Gasteiger partial charge in [0.2, 0.25) is 0 Å². The number of halogens is 2. The molecule has 0 aliphatic carbocycles. The number of nitrogens with zero attached hydrogens (tertiary/aromatic N) is 1. The van der Waals surface area contributed by atoms with Crippen molar-refractivity contribution in [1.82, 2.24) is 4.90 Å². The van der Waals surface area contributed by atoms with Crippen molar-refractivity contribution in [3.8, 4) is 0 Å². The van der Waals surface area contributed by atoms with E-state index in [1.165, 1.54) is 6.07 Å². The van der Waals surface area contributed by atoms with E-state index in [0.717, 1.165) is 32.6 Å². The van der Waals surface area contributed by atoms with Crippen molar-refractivity contribution in [3.05, 3.63) is 93.9 Å². The summed E-state index contributed by atoms with van der Waals surface area (Å²) >= 11 is 3.49. The summed E-state index contributed by atoms with van der Waals surface area (Å²) in [5.74, 6) is -0.254. The molecule has 116 valence electrons. The van der Waals surface area contributed by atoms with Crippen LogP contribution in [0.1, 0.15) is 18.1 Å². The first-order valence-electron chi connectivity index (χ1n) is 7.36.